The molecule has 1 aliphatic heterocycles. The Balaban J connectivity index is 1.44. The summed E-state index contributed by atoms with van der Waals surface area (Å²) in [4.78, 5) is 12.9. The van der Waals surface area contributed by atoms with Gasteiger partial charge in [0.05, 0.1) is 16.3 Å². The van der Waals surface area contributed by atoms with Crippen molar-refractivity contribution in [3.05, 3.63) is 71.8 Å². The van der Waals surface area contributed by atoms with E-state index in [2.05, 4.69) is 10.4 Å². The van der Waals surface area contributed by atoms with Gasteiger partial charge in [0.2, 0.25) is 15.9 Å². The number of sulfonamides is 1. The van der Waals surface area contributed by atoms with E-state index in [0.29, 0.717) is 29.2 Å². The lowest BCUT2D eigenvalue weighted by atomic mass is 9.97. The number of hydrogen-bond acceptors (Lipinski definition) is 4. The average Bonchev–Trinajstić information content (AvgIpc) is 3.29. The Hall–Kier alpha value is -2.75. The molecule has 1 aliphatic rings. The highest BCUT2D eigenvalue weighted by Crippen LogP contribution is 2.28. The van der Waals surface area contributed by atoms with E-state index >= 15 is 0 Å². The number of anilines is 1. The normalized spacial score (nSPS) is 15.7. The van der Waals surface area contributed by atoms with Crippen LogP contribution >= 0.6 is 11.6 Å². The molecule has 0 atom stereocenters. The van der Waals surface area contributed by atoms with Gasteiger partial charge in [-0.15, -0.1) is 0 Å². The van der Waals surface area contributed by atoms with Crippen molar-refractivity contribution < 1.29 is 17.6 Å². The van der Waals surface area contributed by atoms with Gasteiger partial charge in [-0.1, -0.05) is 11.6 Å². The Morgan fingerprint density at radius 1 is 1.13 bits per heavy atom. The van der Waals surface area contributed by atoms with Gasteiger partial charge in [-0.3, -0.25) is 4.79 Å². The van der Waals surface area contributed by atoms with Gasteiger partial charge in [0, 0.05) is 36.4 Å². The number of piperidine rings is 1. The minimum absolute atomic E-state index is 0.0413. The van der Waals surface area contributed by atoms with Crippen LogP contribution in [0.2, 0.25) is 5.02 Å². The molecule has 2 aromatic carbocycles. The molecule has 162 valence electrons. The topological polar surface area (TPSA) is 84.3 Å². The first kappa shape index (κ1) is 21.5. The van der Waals surface area contributed by atoms with Crippen molar-refractivity contribution in [1.29, 1.82) is 0 Å². The third-order valence-corrected chi connectivity index (χ3v) is 7.39. The van der Waals surface area contributed by atoms with Crippen LogP contribution in [0.25, 0.3) is 5.69 Å². The second kappa shape index (κ2) is 8.78. The van der Waals surface area contributed by atoms with Crippen LogP contribution in [0.5, 0.6) is 0 Å². The first-order chi connectivity index (χ1) is 14.8. The summed E-state index contributed by atoms with van der Waals surface area (Å²) in [6.45, 7) is 0.415. The molecule has 0 saturated carbocycles. The molecular formula is C21H20ClFN4O3S. The van der Waals surface area contributed by atoms with Gasteiger partial charge >= 0.3 is 0 Å². The molecule has 1 aromatic heterocycles. The molecule has 4 rings (SSSR count). The average molecular weight is 463 g/mol. The molecule has 0 aliphatic carbocycles. The van der Waals surface area contributed by atoms with E-state index < -0.39 is 15.8 Å². The number of hydrogen-bond donors (Lipinski definition) is 1. The van der Waals surface area contributed by atoms with E-state index in [1.165, 1.54) is 16.4 Å². The van der Waals surface area contributed by atoms with Gasteiger partial charge in [0.15, 0.2) is 0 Å². The van der Waals surface area contributed by atoms with Crippen molar-refractivity contribution in [2.24, 2.45) is 5.92 Å². The van der Waals surface area contributed by atoms with E-state index in [4.69, 9.17) is 11.6 Å². The molecule has 1 N–H and O–H groups in total. The Kier molecular flexibility index (Phi) is 6.08. The number of nitrogens with one attached hydrogen (secondary N) is 1. The van der Waals surface area contributed by atoms with Crippen LogP contribution in [0.4, 0.5) is 10.1 Å². The Morgan fingerprint density at radius 3 is 2.48 bits per heavy atom. The number of halogens is 2. The van der Waals surface area contributed by atoms with Crippen molar-refractivity contribution in [2.45, 2.75) is 17.7 Å². The van der Waals surface area contributed by atoms with E-state index in [-0.39, 0.29) is 29.8 Å². The summed E-state index contributed by atoms with van der Waals surface area (Å²) in [7, 11) is -3.72. The maximum absolute atomic E-state index is 13.1. The predicted molar refractivity (Wildman–Crippen MR) is 115 cm³/mol. The van der Waals surface area contributed by atoms with Crippen LogP contribution in [0.15, 0.2) is 65.8 Å². The van der Waals surface area contributed by atoms with Gasteiger partial charge in [-0.25, -0.2) is 17.5 Å². The van der Waals surface area contributed by atoms with Crippen LogP contribution in [-0.2, 0) is 14.8 Å². The fourth-order valence-electron chi connectivity index (χ4n) is 3.57. The quantitative estimate of drug-likeness (QED) is 0.626. The highest BCUT2D eigenvalue weighted by molar-refractivity contribution is 7.89. The number of carbonyl (C=O) groups is 1. The number of aromatic nitrogens is 2. The molecule has 2 heterocycles. The zero-order valence-corrected chi connectivity index (χ0v) is 18.0. The third kappa shape index (κ3) is 4.63. The maximum atomic E-state index is 13.1. The van der Waals surface area contributed by atoms with Crippen LogP contribution in [-0.4, -0.2) is 41.5 Å². The first-order valence-corrected chi connectivity index (χ1v) is 11.5. The molecular weight excluding hydrogens is 443 g/mol. The Morgan fingerprint density at radius 2 is 1.84 bits per heavy atom. The van der Waals surface area contributed by atoms with Gasteiger partial charge in [0.1, 0.15) is 5.82 Å². The first-order valence-electron chi connectivity index (χ1n) is 9.71. The Bertz CT molecular complexity index is 1180. The highest BCUT2D eigenvalue weighted by atomic mass is 35.5. The fraction of sp³-hybridized carbons (Fsp3) is 0.238. The largest absolute Gasteiger partial charge is 0.324 e. The predicted octanol–water partition coefficient (Wildman–Crippen LogP) is 3.70. The van der Waals surface area contributed by atoms with E-state index in [9.17, 15) is 17.6 Å². The van der Waals surface area contributed by atoms with Gasteiger partial charge in [-0.05, 0) is 61.4 Å². The fourth-order valence-corrected chi connectivity index (χ4v) is 5.21. The van der Waals surface area contributed by atoms with Crippen LogP contribution in [0.3, 0.4) is 0 Å². The van der Waals surface area contributed by atoms with Crippen LogP contribution in [0, 0.1) is 11.7 Å². The number of nitrogens with zero attached hydrogens (tertiary/aromatic N) is 3. The molecule has 1 saturated heterocycles. The molecule has 0 bridgehead atoms. The van der Waals surface area contributed by atoms with Crippen molar-refractivity contribution in [3.63, 3.8) is 0 Å². The van der Waals surface area contributed by atoms with Gasteiger partial charge < -0.3 is 5.32 Å². The molecule has 1 amide bonds. The molecule has 7 nitrogen and oxygen atoms in total. The summed E-state index contributed by atoms with van der Waals surface area (Å²) in [5, 5.41) is 7.58. The summed E-state index contributed by atoms with van der Waals surface area (Å²) < 4.78 is 41.6. The number of benzene rings is 2. The molecule has 0 radical (unpaired) electrons. The third-order valence-electron chi connectivity index (χ3n) is 5.24. The van der Waals surface area contributed by atoms with Crippen LogP contribution < -0.4 is 5.32 Å². The standard InChI is InChI=1S/C21H20ClFN4O3S/c22-16-2-7-20(27-11-1-10-24-27)19(14-16)25-21(28)15-8-12-26(13-9-15)31(29,30)18-5-3-17(23)4-6-18/h1-7,10-11,14-15H,8-9,12-13H2,(H,25,28). The van der Waals surface area contributed by atoms with Gasteiger partial charge in [0.25, 0.3) is 0 Å². The van der Waals surface area contributed by atoms with Crippen LogP contribution in [0.1, 0.15) is 12.8 Å². The minimum Gasteiger partial charge on any atom is -0.324 e. The zero-order valence-electron chi connectivity index (χ0n) is 16.4. The summed E-state index contributed by atoms with van der Waals surface area (Å²) >= 11 is 6.11. The lowest BCUT2D eigenvalue weighted by Crippen LogP contribution is -2.41. The van der Waals surface area contributed by atoms with E-state index in [0.717, 1.165) is 12.1 Å². The smallest absolute Gasteiger partial charge is 0.243 e. The Labute approximate surface area is 184 Å². The van der Waals surface area contributed by atoms with Crippen molar-refractivity contribution >= 4 is 33.2 Å². The monoisotopic (exact) mass is 462 g/mol. The number of rotatable bonds is 5. The summed E-state index contributed by atoms with van der Waals surface area (Å²) in [5.41, 5.74) is 1.21. The summed E-state index contributed by atoms with van der Waals surface area (Å²) in [5.74, 6) is -1.04. The van der Waals surface area contributed by atoms with Gasteiger partial charge in [-0.2, -0.15) is 9.40 Å². The molecule has 1 fully saturated rings. The zero-order chi connectivity index (χ0) is 22.0. The summed E-state index contributed by atoms with van der Waals surface area (Å²) in [6, 6.07) is 11.7. The second-order valence-corrected chi connectivity index (χ2v) is 9.61. The lowest BCUT2D eigenvalue weighted by Gasteiger charge is -2.30. The molecule has 0 unspecified atom stereocenters. The number of amides is 1. The van der Waals surface area contributed by atoms with Crippen molar-refractivity contribution in [2.75, 3.05) is 18.4 Å². The molecule has 3 aromatic rings. The SMILES string of the molecule is O=C(Nc1cc(Cl)ccc1-n1cccn1)C1CCN(S(=O)(=O)c2ccc(F)cc2)CC1. The van der Waals surface area contributed by atoms with Crippen molar-refractivity contribution in [1.82, 2.24) is 14.1 Å². The summed E-state index contributed by atoms with van der Waals surface area (Å²) in [6.07, 6.45) is 4.16. The van der Waals surface area contributed by atoms with E-state index in [1.54, 1.807) is 41.3 Å². The highest BCUT2D eigenvalue weighted by Gasteiger charge is 2.32. The number of carbonyl (C=O) groups excluding carboxylic acids is 1. The van der Waals surface area contributed by atoms with Crippen molar-refractivity contribution in [3.8, 4) is 5.69 Å². The molecule has 0 spiro atoms. The minimum atomic E-state index is -3.72. The van der Waals surface area contributed by atoms with E-state index in [1.807, 2.05) is 0 Å². The molecule has 10 heteroatoms. The second-order valence-electron chi connectivity index (χ2n) is 7.23. The molecule has 31 heavy (non-hydrogen) atoms. The maximum Gasteiger partial charge on any atom is 0.243 e. The lowest BCUT2D eigenvalue weighted by molar-refractivity contribution is -0.120.